The highest BCUT2D eigenvalue weighted by atomic mass is 15.2. The van der Waals surface area contributed by atoms with Gasteiger partial charge in [0.05, 0.1) is 17.1 Å². The molecule has 0 saturated carbocycles. The summed E-state index contributed by atoms with van der Waals surface area (Å²) in [7, 11) is 0. The van der Waals surface area contributed by atoms with Gasteiger partial charge in [0.1, 0.15) is 0 Å². The van der Waals surface area contributed by atoms with E-state index >= 15 is 0 Å². The zero-order valence-electron chi connectivity index (χ0n) is 44.8. The summed E-state index contributed by atoms with van der Waals surface area (Å²) in [5, 5.41) is 0. The third-order valence-electron chi connectivity index (χ3n) is 14.3. The fourth-order valence-electron chi connectivity index (χ4n) is 10.6. The van der Waals surface area contributed by atoms with Gasteiger partial charge in [-0.25, -0.2) is 4.99 Å². The van der Waals surface area contributed by atoms with Crippen LogP contribution in [0.25, 0.3) is 11.1 Å². The van der Waals surface area contributed by atoms with E-state index in [0.29, 0.717) is 0 Å². The van der Waals surface area contributed by atoms with Crippen LogP contribution in [-0.2, 0) is 0 Å². The molecule has 5 heteroatoms. The maximum Gasteiger partial charge on any atom is 0.0781 e. The Morgan fingerprint density at radius 3 is 1.00 bits per heavy atom. The first-order valence-corrected chi connectivity index (χ1v) is 27.2. The van der Waals surface area contributed by atoms with Crippen LogP contribution in [0.5, 0.6) is 0 Å². The molecule has 12 rings (SSSR count). The van der Waals surface area contributed by atoms with E-state index in [1.165, 1.54) is 11.1 Å². The summed E-state index contributed by atoms with van der Waals surface area (Å²) in [6, 6.07) is 114. The molecule has 0 spiro atoms. The lowest BCUT2D eigenvalue weighted by Gasteiger charge is -2.30. The van der Waals surface area contributed by atoms with E-state index < -0.39 is 0 Å². The van der Waals surface area contributed by atoms with Gasteiger partial charge in [-0.3, -0.25) is 0 Å². The van der Waals surface area contributed by atoms with Gasteiger partial charge < -0.3 is 19.6 Å². The van der Waals surface area contributed by atoms with E-state index in [4.69, 9.17) is 4.99 Å². The predicted octanol–water partition coefficient (Wildman–Crippen LogP) is 21.0. The normalized spacial score (nSPS) is 11.2. The number of benzene rings is 12. The lowest BCUT2D eigenvalue weighted by atomic mass is 9.99. The second-order valence-corrected chi connectivity index (χ2v) is 19.8. The molecule has 0 aliphatic carbocycles. The molecule has 0 unspecified atom stereocenters. The summed E-state index contributed by atoms with van der Waals surface area (Å²) in [4.78, 5) is 14.6. The van der Waals surface area contributed by atoms with Crippen LogP contribution in [0.15, 0.2) is 327 Å². The van der Waals surface area contributed by atoms with E-state index in [0.717, 1.165) is 102 Å². The lowest BCUT2D eigenvalue weighted by molar-refractivity contribution is 1.24. The van der Waals surface area contributed by atoms with Gasteiger partial charge in [-0.15, -0.1) is 0 Å². The molecule has 0 radical (unpaired) electrons. The van der Waals surface area contributed by atoms with Crippen molar-refractivity contribution in [1.29, 1.82) is 0 Å². The summed E-state index contributed by atoms with van der Waals surface area (Å²) in [6.45, 7) is 4.30. The van der Waals surface area contributed by atoms with Gasteiger partial charge in [-0.1, -0.05) is 170 Å². The Bertz CT molecular complexity index is 3960. The molecule has 12 aromatic carbocycles. The Hall–Kier alpha value is -10.5. The number of nitrogens with zero attached hydrogens (tertiary/aromatic N) is 5. The fourth-order valence-corrected chi connectivity index (χ4v) is 10.6. The van der Waals surface area contributed by atoms with Crippen molar-refractivity contribution in [2.24, 2.45) is 4.99 Å². The summed E-state index contributed by atoms with van der Waals surface area (Å²) in [6.07, 6.45) is 0. The highest BCUT2D eigenvalue weighted by Crippen LogP contribution is 2.45. The van der Waals surface area contributed by atoms with Gasteiger partial charge in [0.25, 0.3) is 0 Å². The van der Waals surface area contributed by atoms with Crippen molar-refractivity contribution in [3.8, 4) is 11.1 Å². The summed E-state index contributed by atoms with van der Waals surface area (Å²) in [5.74, 6) is 0. The summed E-state index contributed by atoms with van der Waals surface area (Å²) >= 11 is 0. The van der Waals surface area contributed by atoms with E-state index in [1.807, 2.05) is 18.2 Å². The molecule has 0 aromatic heterocycles. The Labute approximate surface area is 470 Å². The van der Waals surface area contributed by atoms with Crippen molar-refractivity contribution in [3.63, 3.8) is 0 Å². The molecular weight excluding hydrogens is 971 g/mol. The molecule has 0 amide bonds. The van der Waals surface area contributed by atoms with Crippen LogP contribution in [0, 0.1) is 13.8 Å². The Balaban J connectivity index is 0.906. The molecule has 0 saturated heterocycles. The Morgan fingerprint density at radius 1 is 0.250 bits per heavy atom. The van der Waals surface area contributed by atoms with Crippen molar-refractivity contribution < 1.29 is 0 Å². The number of aliphatic imine (C=N–C) groups is 1. The van der Waals surface area contributed by atoms with Gasteiger partial charge >= 0.3 is 0 Å². The predicted molar refractivity (Wildman–Crippen MR) is 338 cm³/mol. The number of hydrogen-bond donors (Lipinski definition) is 0. The maximum absolute atomic E-state index is 5.32. The first-order chi connectivity index (χ1) is 39.5. The fraction of sp³-hybridized carbons (Fsp3) is 0.0267. The quantitative estimate of drug-likeness (QED) is 0.0901. The zero-order valence-corrected chi connectivity index (χ0v) is 44.8. The molecule has 5 nitrogen and oxygen atoms in total. The van der Waals surface area contributed by atoms with Crippen LogP contribution in [0.3, 0.4) is 0 Å². The average Bonchev–Trinajstić information content (AvgIpc) is 3.52. The zero-order chi connectivity index (χ0) is 54.0. The topological polar surface area (TPSA) is 25.3 Å². The van der Waals surface area contributed by atoms with Crippen molar-refractivity contribution in [3.05, 3.63) is 344 Å². The Kier molecular flexibility index (Phi) is 14.7. The molecule has 384 valence electrons. The van der Waals surface area contributed by atoms with Crippen LogP contribution >= 0.6 is 0 Å². The third-order valence-corrected chi connectivity index (χ3v) is 14.3. The monoisotopic (exact) mass is 1030 g/mol. The SMILES string of the molecule is Cc1cccc(N(c2ccccc2)c2ccc(N(c3cccc(C)c3)c3ccccc3-c3cccc(N(c4ccccc4)c4ccc(C(=Nc5ccccc5)c5ccc(N(c6ccccc6)c6ccccc6)cc5)cc4)c3)cc2)c1. The Morgan fingerprint density at radius 2 is 0.562 bits per heavy atom. The minimum Gasteiger partial charge on any atom is -0.311 e. The molecular formula is C75H59N5. The maximum atomic E-state index is 5.32. The minimum absolute atomic E-state index is 0.887. The van der Waals surface area contributed by atoms with Crippen molar-refractivity contribution >= 4 is 79.6 Å². The highest BCUT2D eigenvalue weighted by Gasteiger charge is 2.22. The number of para-hydroxylation sites is 6. The summed E-state index contributed by atoms with van der Waals surface area (Å²) < 4.78 is 0. The van der Waals surface area contributed by atoms with Crippen LogP contribution in [0.2, 0.25) is 0 Å². The van der Waals surface area contributed by atoms with E-state index in [9.17, 15) is 0 Å². The van der Waals surface area contributed by atoms with Gasteiger partial charge in [0.2, 0.25) is 0 Å². The lowest BCUT2D eigenvalue weighted by Crippen LogP contribution is -2.13. The first kappa shape index (κ1) is 50.3. The highest BCUT2D eigenvalue weighted by molar-refractivity contribution is 6.14. The first-order valence-electron chi connectivity index (χ1n) is 27.2. The largest absolute Gasteiger partial charge is 0.311 e. The van der Waals surface area contributed by atoms with Crippen LogP contribution in [0.1, 0.15) is 22.3 Å². The second kappa shape index (κ2) is 23.4. The third kappa shape index (κ3) is 11.0. The molecule has 80 heavy (non-hydrogen) atoms. The summed E-state index contributed by atoms with van der Waals surface area (Å²) in [5.41, 5.74) is 21.3. The minimum atomic E-state index is 0.887. The smallest absolute Gasteiger partial charge is 0.0781 e. The molecule has 0 N–H and O–H groups in total. The van der Waals surface area contributed by atoms with Gasteiger partial charge in [0, 0.05) is 79.3 Å². The van der Waals surface area contributed by atoms with E-state index in [-0.39, 0.29) is 0 Å². The van der Waals surface area contributed by atoms with E-state index in [2.05, 4.69) is 337 Å². The molecule has 0 aliphatic heterocycles. The van der Waals surface area contributed by atoms with Crippen LogP contribution < -0.4 is 19.6 Å². The van der Waals surface area contributed by atoms with Crippen molar-refractivity contribution in [2.45, 2.75) is 13.8 Å². The van der Waals surface area contributed by atoms with Gasteiger partial charge in [-0.2, -0.15) is 0 Å². The number of anilines is 12. The van der Waals surface area contributed by atoms with Crippen LogP contribution in [-0.4, -0.2) is 5.71 Å². The van der Waals surface area contributed by atoms with Crippen LogP contribution in [0.4, 0.5) is 73.9 Å². The number of rotatable bonds is 16. The second-order valence-electron chi connectivity index (χ2n) is 19.8. The molecule has 0 fully saturated rings. The van der Waals surface area contributed by atoms with Gasteiger partial charge in [0.15, 0.2) is 0 Å². The number of hydrogen-bond acceptors (Lipinski definition) is 5. The van der Waals surface area contributed by atoms with Gasteiger partial charge in [-0.05, 0) is 182 Å². The number of aryl methyl sites for hydroxylation is 2. The average molecular weight is 1030 g/mol. The molecule has 0 aliphatic rings. The standard InChI is InChI=1S/C75H59N5/c1-56-23-20-36-70(53-56)78(64-32-14-6-15-33-64)68-49-51-69(52-50-68)80(71-37-21-24-57(2)54-71)74-40-19-18-39-73(74)60-25-22-38-72(55-60)79(65-34-16-7-17-35-65)67-47-43-59(44-48-67)75(76-61-26-8-3-9-27-61)58-41-45-66(46-42-58)77(62-28-10-4-11-29-62)63-30-12-5-13-31-63/h3-55H,1-2H3. The molecule has 0 heterocycles. The molecule has 12 aromatic rings. The molecule has 0 atom stereocenters. The van der Waals surface area contributed by atoms with Crippen molar-refractivity contribution in [2.75, 3.05) is 19.6 Å². The molecule has 0 bridgehead atoms. The van der Waals surface area contributed by atoms with E-state index in [1.54, 1.807) is 0 Å². The van der Waals surface area contributed by atoms with Crippen molar-refractivity contribution in [1.82, 2.24) is 0 Å².